The molecule has 0 saturated carbocycles. The van der Waals surface area contributed by atoms with Gasteiger partial charge in [-0.05, 0) is 203 Å². The van der Waals surface area contributed by atoms with Crippen LogP contribution in [0.15, 0.2) is 243 Å². The van der Waals surface area contributed by atoms with Gasteiger partial charge < -0.3 is 19.6 Å². The zero-order valence-electron chi connectivity index (χ0n) is 55.7. The first-order chi connectivity index (χ1) is 46.4. The SMILES string of the molecule is CC(C)(C)c1ccc(N2c3cccc4c3B(c3cc5cc6c(cc5cc3N4c3ccccc3)N3c4sc5cc7c(cc5c4N(c4ccc(C(C)(C)C)cc4)c4cccc(c43)N6c3ccccc3)-c3ccccc3C7(C)C)c3sc4cc5c(cc4c32)C(C)(C)c2ccccc2-5)cc1. The van der Waals surface area contributed by atoms with Crippen molar-refractivity contribution in [3.05, 3.63) is 276 Å². The molecule has 14 aromatic rings. The van der Waals surface area contributed by atoms with Crippen molar-refractivity contribution in [2.75, 3.05) is 24.5 Å². The summed E-state index contributed by atoms with van der Waals surface area (Å²) in [7, 11) is 0. The Hall–Kier alpha value is -10.1. The van der Waals surface area contributed by atoms with Crippen molar-refractivity contribution in [3.63, 3.8) is 0 Å². The molecule has 6 aliphatic rings. The molecular weight excluding hydrogens is 1200 g/mol. The van der Waals surface area contributed by atoms with Crippen LogP contribution in [0.2, 0.25) is 0 Å². The second-order valence-corrected chi connectivity index (χ2v) is 32.6. The molecule has 0 unspecified atom stereocenters. The highest BCUT2D eigenvalue weighted by molar-refractivity contribution is 7.33. The smallest absolute Gasteiger partial charge is 0.264 e. The number of rotatable bonds is 4. The van der Waals surface area contributed by atoms with Crippen molar-refractivity contribution in [1.29, 1.82) is 0 Å². The number of hydrogen-bond donors (Lipinski definition) is 0. The summed E-state index contributed by atoms with van der Waals surface area (Å²) in [5, 5.41) is 6.18. The van der Waals surface area contributed by atoms with Crippen LogP contribution in [0.3, 0.4) is 0 Å². The summed E-state index contributed by atoms with van der Waals surface area (Å²) in [5.41, 5.74) is 32.4. The Morgan fingerprint density at radius 2 is 0.771 bits per heavy atom. The summed E-state index contributed by atoms with van der Waals surface area (Å²) in [5.74, 6) is 0. The van der Waals surface area contributed by atoms with E-state index in [-0.39, 0.29) is 28.4 Å². The van der Waals surface area contributed by atoms with Crippen LogP contribution in [0.1, 0.15) is 103 Å². The van der Waals surface area contributed by atoms with E-state index < -0.39 is 0 Å². The molecule has 462 valence electrons. The van der Waals surface area contributed by atoms with Gasteiger partial charge in [0.1, 0.15) is 5.00 Å². The molecule has 0 atom stereocenters. The number of para-hydroxylation sites is 3. The van der Waals surface area contributed by atoms with E-state index >= 15 is 0 Å². The number of benzene rings is 12. The van der Waals surface area contributed by atoms with Crippen LogP contribution >= 0.6 is 22.7 Å². The molecule has 0 amide bonds. The second-order valence-electron chi connectivity index (χ2n) is 30.5. The third-order valence-electron chi connectivity index (χ3n) is 22.3. The number of hydrogen-bond acceptors (Lipinski definition) is 7. The van der Waals surface area contributed by atoms with Crippen molar-refractivity contribution in [2.45, 2.75) is 90.9 Å². The van der Waals surface area contributed by atoms with Crippen LogP contribution in [-0.4, -0.2) is 6.71 Å². The molecule has 0 spiro atoms. The maximum absolute atomic E-state index is 2.66. The van der Waals surface area contributed by atoms with Gasteiger partial charge in [0.25, 0.3) is 6.71 Å². The van der Waals surface area contributed by atoms with Crippen LogP contribution < -0.4 is 40.2 Å². The van der Waals surface area contributed by atoms with Gasteiger partial charge in [-0.1, -0.05) is 197 Å². The van der Waals surface area contributed by atoms with Crippen molar-refractivity contribution in [1.82, 2.24) is 0 Å². The molecule has 12 aromatic carbocycles. The van der Waals surface area contributed by atoms with Gasteiger partial charge in [0.2, 0.25) is 0 Å². The monoisotopic (exact) mass is 1270 g/mol. The first-order valence-electron chi connectivity index (χ1n) is 34.0. The number of anilines is 15. The molecule has 0 fully saturated rings. The van der Waals surface area contributed by atoms with Gasteiger partial charge in [-0.25, -0.2) is 0 Å². The first-order valence-corrected chi connectivity index (χ1v) is 35.6. The molecule has 2 aromatic heterocycles. The summed E-state index contributed by atoms with van der Waals surface area (Å²) in [4.78, 5) is 13.0. The zero-order valence-corrected chi connectivity index (χ0v) is 57.4. The minimum Gasteiger partial charge on any atom is -0.311 e. The average molecular weight is 1270 g/mol. The Labute approximate surface area is 570 Å². The molecule has 96 heavy (non-hydrogen) atoms. The Morgan fingerprint density at radius 1 is 0.323 bits per heavy atom. The van der Waals surface area contributed by atoms with E-state index in [9.17, 15) is 0 Å². The third kappa shape index (κ3) is 7.57. The Morgan fingerprint density at radius 3 is 1.36 bits per heavy atom. The molecule has 20 rings (SSSR count). The molecule has 6 heterocycles. The van der Waals surface area contributed by atoms with Gasteiger partial charge >= 0.3 is 0 Å². The van der Waals surface area contributed by atoms with Gasteiger partial charge in [0.05, 0.1) is 39.8 Å². The van der Waals surface area contributed by atoms with Crippen LogP contribution in [0, 0.1) is 0 Å². The predicted molar refractivity (Wildman–Crippen MR) is 412 cm³/mol. The molecule has 2 aliphatic carbocycles. The molecule has 0 saturated heterocycles. The first kappa shape index (κ1) is 56.3. The van der Waals surface area contributed by atoms with Crippen LogP contribution in [0.25, 0.3) is 53.2 Å². The van der Waals surface area contributed by atoms with Gasteiger partial charge in [-0.2, -0.15) is 0 Å². The zero-order chi connectivity index (χ0) is 64.8. The highest BCUT2D eigenvalue weighted by atomic mass is 32.1. The highest BCUT2D eigenvalue weighted by Crippen LogP contribution is 2.68. The van der Waals surface area contributed by atoms with E-state index in [1.807, 2.05) is 22.7 Å². The number of thiophene rings is 2. The largest absolute Gasteiger partial charge is 0.311 e. The lowest BCUT2D eigenvalue weighted by Crippen LogP contribution is -2.60. The second kappa shape index (κ2) is 19.3. The van der Waals surface area contributed by atoms with Gasteiger partial charge in [0.15, 0.2) is 0 Å². The summed E-state index contributed by atoms with van der Waals surface area (Å²) in [6.07, 6.45) is 0. The molecular formula is C88H70BN5S2. The number of nitrogens with zero attached hydrogens (tertiary/aromatic N) is 5. The fourth-order valence-electron chi connectivity index (χ4n) is 17.5. The van der Waals surface area contributed by atoms with Crippen molar-refractivity contribution < 1.29 is 0 Å². The van der Waals surface area contributed by atoms with E-state index in [1.165, 1.54) is 147 Å². The van der Waals surface area contributed by atoms with E-state index in [0.717, 1.165) is 39.8 Å². The van der Waals surface area contributed by atoms with Crippen molar-refractivity contribution in [3.8, 4) is 22.3 Å². The molecule has 0 bridgehead atoms. The molecule has 0 radical (unpaired) electrons. The van der Waals surface area contributed by atoms with Gasteiger partial charge in [0, 0.05) is 75.6 Å². The van der Waals surface area contributed by atoms with Crippen LogP contribution in [0.4, 0.5) is 84.6 Å². The van der Waals surface area contributed by atoms with E-state index in [1.54, 1.807) is 0 Å². The maximum atomic E-state index is 2.66. The fraction of sp³-hybridized carbons (Fsp3) is 0.159. The minimum atomic E-state index is -0.163. The van der Waals surface area contributed by atoms with Crippen LogP contribution in [0.5, 0.6) is 0 Å². The number of fused-ring (bicyclic) bond motifs is 19. The van der Waals surface area contributed by atoms with Crippen molar-refractivity contribution >= 4 is 161 Å². The quantitative estimate of drug-likeness (QED) is 0.163. The lowest BCUT2D eigenvalue weighted by atomic mass is 9.36. The van der Waals surface area contributed by atoms with Gasteiger partial charge in [-0.15, -0.1) is 22.7 Å². The topological polar surface area (TPSA) is 16.2 Å². The van der Waals surface area contributed by atoms with E-state index in [2.05, 4.69) is 336 Å². The van der Waals surface area contributed by atoms with Crippen LogP contribution in [-0.2, 0) is 21.7 Å². The average Bonchev–Trinajstić information content (AvgIpc) is 1.55. The summed E-state index contributed by atoms with van der Waals surface area (Å²) in [6, 6.07) is 93.8. The Bertz CT molecular complexity index is 5600. The van der Waals surface area contributed by atoms with Gasteiger partial charge in [-0.3, -0.25) is 4.90 Å². The third-order valence-corrected chi connectivity index (χ3v) is 24.6. The highest BCUT2D eigenvalue weighted by Gasteiger charge is 2.48. The standard InChI is InChI=1S/C88H70BN5S2/c1-85(2,3)53-35-39-57(40-36-53)92-71-32-21-31-70-79(71)89(83-80(92)64-48-67-62(49-77(64)95-83)60-28-18-20-30-66(60)87(67,7)8)69-43-51-45-75-76(46-52(51)44-74(69)90(70)55-23-13-11-14-24-55)94-82-72(91(75)56-25-15-12-16-26-56)33-22-34-73(82)93(58-41-37-54(38-42-58)86(4,5)6)81-63-47-61-59-27-17-19-29-65(59)88(9,10)68(61)50-78(63)96-84(81)94/h11-50H,1-10H3. The minimum absolute atomic E-state index is 0.000762. The molecule has 4 aliphatic heterocycles. The fourth-order valence-corrected chi connectivity index (χ4v) is 20.1. The molecule has 8 heteroatoms. The Balaban J connectivity index is 0.856. The van der Waals surface area contributed by atoms with E-state index in [0.29, 0.717) is 0 Å². The van der Waals surface area contributed by atoms with Crippen molar-refractivity contribution in [2.24, 2.45) is 0 Å². The molecule has 0 N–H and O–H groups in total. The maximum Gasteiger partial charge on any atom is 0.264 e. The normalized spacial score (nSPS) is 15.4. The Kier molecular flexibility index (Phi) is 11.3. The summed E-state index contributed by atoms with van der Waals surface area (Å²) < 4.78 is 3.98. The predicted octanol–water partition coefficient (Wildman–Crippen LogP) is 23.6. The lowest BCUT2D eigenvalue weighted by molar-refractivity contribution is 0.590. The lowest BCUT2D eigenvalue weighted by Gasteiger charge is -2.46. The van der Waals surface area contributed by atoms with E-state index in [4.69, 9.17) is 0 Å². The summed E-state index contributed by atoms with van der Waals surface area (Å²) in [6.45, 7) is 23.5. The summed E-state index contributed by atoms with van der Waals surface area (Å²) >= 11 is 3.93. The molecule has 5 nitrogen and oxygen atoms in total.